The minimum Gasteiger partial charge on any atom is -1.00 e. The fourth-order valence-corrected chi connectivity index (χ4v) is 3.09. The Hall–Kier alpha value is -4.81. The third-order valence-electron chi connectivity index (χ3n) is 4.78. The Morgan fingerprint density at radius 2 is 0.405 bits per heavy atom. The summed E-state index contributed by atoms with van der Waals surface area (Å²) in [5.74, 6) is 0. The first-order valence-electron chi connectivity index (χ1n) is 11.4. The van der Waals surface area contributed by atoms with Crippen molar-refractivity contribution in [3.8, 4) is 34.2 Å². The maximum Gasteiger partial charge on any atom is 0.0886 e. The van der Waals surface area contributed by atoms with Gasteiger partial charge in [0.25, 0.3) is 0 Å². The summed E-state index contributed by atoms with van der Waals surface area (Å²) < 4.78 is 0. The van der Waals surface area contributed by atoms with Crippen LogP contribution in [0.5, 0.6) is 0 Å². The van der Waals surface area contributed by atoms with E-state index in [-0.39, 0.29) is 12.4 Å². The van der Waals surface area contributed by atoms with E-state index < -0.39 is 0 Å². The van der Waals surface area contributed by atoms with Gasteiger partial charge in [0.2, 0.25) is 0 Å². The van der Waals surface area contributed by atoms with Crippen molar-refractivity contribution in [2.75, 3.05) is 0 Å². The van der Waals surface area contributed by atoms with Gasteiger partial charge in [0, 0.05) is 37.2 Å². The molecule has 182 valence electrons. The van der Waals surface area contributed by atoms with E-state index in [0.29, 0.717) is 0 Å². The molecule has 0 aliphatic heterocycles. The summed E-state index contributed by atoms with van der Waals surface area (Å²) in [6, 6.07) is 34.8. The summed E-state index contributed by atoms with van der Waals surface area (Å²) in [7, 11) is 0. The summed E-state index contributed by atoms with van der Waals surface area (Å²) >= 11 is 0. The van der Waals surface area contributed by atoms with Crippen molar-refractivity contribution in [1.82, 2.24) is 29.9 Å². The van der Waals surface area contributed by atoms with Gasteiger partial charge in [-0.25, -0.2) is 0 Å². The zero-order valence-corrected chi connectivity index (χ0v) is 20.7. The Balaban J connectivity index is 0.000000152. The molecule has 0 amide bonds. The molecule has 0 aromatic carbocycles. The molecule has 0 N–H and O–H groups in total. The van der Waals surface area contributed by atoms with Gasteiger partial charge in [0.1, 0.15) is 0 Å². The fraction of sp³-hybridized carbons (Fsp3) is 0. The standard InChI is InChI=1S/3C10H8N2.ClH/c3*1-3-7-11-9(5-1)10-6-2-4-8-12-10;/h3*1-8H;1H/p-1. The van der Waals surface area contributed by atoms with Crippen LogP contribution in [0.1, 0.15) is 0 Å². The molecular formula is C30H24ClN6-. The Labute approximate surface area is 222 Å². The van der Waals surface area contributed by atoms with Crippen molar-refractivity contribution in [3.63, 3.8) is 0 Å². The lowest BCUT2D eigenvalue weighted by molar-refractivity contribution is -0.00000746. The Kier molecular flexibility index (Phi) is 11.0. The number of rotatable bonds is 3. The van der Waals surface area contributed by atoms with Gasteiger partial charge in [-0.15, -0.1) is 0 Å². The molecule has 0 bridgehead atoms. The number of hydrogen-bond acceptors (Lipinski definition) is 6. The average Bonchev–Trinajstić information content (AvgIpc) is 3.01. The van der Waals surface area contributed by atoms with E-state index >= 15 is 0 Å². The highest BCUT2D eigenvalue weighted by Gasteiger charge is 1.97. The summed E-state index contributed by atoms with van der Waals surface area (Å²) in [4.78, 5) is 25.1. The van der Waals surface area contributed by atoms with Crippen LogP contribution in [0.15, 0.2) is 146 Å². The van der Waals surface area contributed by atoms with Crippen LogP contribution in [-0.2, 0) is 0 Å². The second-order valence-corrected chi connectivity index (χ2v) is 7.29. The fourth-order valence-electron chi connectivity index (χ4n) is 3.09. The lowest BCUT2D eigenvalue weighted by Crippen LogP contribution is -3.00. The van der Waals surface area contributed by atoms with Gasteiger partial charge in [-0.05, 0) is 72.8 Å². The van der Waals surface area contributed by atoms with E-state index in [1.165, 1.54) is 0 Å². The van der Waals surface area contributed by atoms with Gasteiger partial charge >= 0.3 is 0 Å². The smallest absolute Gasteiger partial charge is 0.0886 e. The van der Waals surface area contributed by atoms with E-state index in [1.807, 2.05) is 109 Å². The van der Waals surface area contributed by atoms with Crippen LogP contribution < -0.4 is 12.4 Å². The molecule has 0 radical (unpaired) electrons. The Morgan fingerprint density at radius 3 is 0.514 bits per heavy atom. The van der Waals surface area contributed by atoms with E-state index in [4.69, 9.17) is 0 Å². The van der Waals surface area contributed by atoms with E-state index in [0.717, 1.165) is 34.2 Å². The molecule has 6 nitrogen and oxygen atoms in total. The molecule has 0 unspecified atom stereocenters. The van der Waals surface area contributed by atoms with Gasteiger partial charge in [-0.2, -0.15) is 0 Å². The number of pyridine rings is 6. The van der Waals surface area contributed by atoms with Gasteiger partial charge in [0.15, 0.2) is 0 Å². The first-order valence-corrected chi connectivity index (χ1v) is 11.4. The summed E-state index contributed by atoms with van der Waals surface area (Å²) in [6.45, 7) is 0. The topological polar surface area (TPSA) is 77.3 Å². The van der Waals surface area contributed by atoms with Crippen LogP contribution in [-0.4, -0.2) is 29.9 Å². The first kappa shape index (κ1) is 26.8. The lowest BCUT2D eigenvalue weighted by Gasteiger charge is -1.96. The van der Waals surface area contributed by atoms with Gasteiger partial charge in [-0.3, -0.25) is 29.9 Å². The third-order valence-corrected chi connectivity index (χ3v) is 4.78. The molecule has 7 heteroatoms. The molecule has 6 rings (SSSR count). The van der Waals surface area contributed by atoms with Crippen molar-refractivity contribution in [2.24, 2.45) is 0 Å². The normalized spacial score (nSPS) is 9.41. The molecule has 0 saturated carbocycles. The third kappa shape index (κ3) is 8.72. The van der Waals surface area contributed by atoms with Crippen molar-refractivity contribution < 1.29 is 12.4 Å². The van der Waals surface area contributed by atoms with E-state index in [2.05, 4.69) is 29.9 Å². The van der Waals surface area contributed by atoms with Crippen molar-refractivity contribution in [2.45, 2.75) is 0 Å². The number of hydrogen-bond donors (Lipinski definition) is 0. The Morgan fingerprint density at radius 1 is 0.243 bits per heavy atom. The van der Waals surface area contributed by atoms with Crippen molar-refractivity contribution >= 4 is 0 Å². The van der Waals surface area contributed by atoms with Gasteiger partial charge < -0.3 is 12.4 Å². The highest BCUT2D eigenvalue weighted by molar-refractivity contribution is 5.54. The molecular weight excluding hydrogens is 480 g/mol. The minimum absolute atomic E-state index is 0. The molecule has 6 aromatic heterocycles. The first-order chi connectivity index (χ1) is 17.9. The molecule has 0 aliphatic carbocycles. The largest absolute Gasteiger partial charge is 1.00 e. The highest BCUT2D eigenvalue weighted by atomic mass is 35.5. The Bertz CT molecular complexity index is 1100. The number of aromatic nitrogens is 6. The number of halogens is 1. The highest BCUT2D eigenvalue weighted by Crippen LogP contribution is 2.12. The van der Waals surface area contributed by atoms with Gasteiger partial charge in [0.05, 0.1) is 34.2 Å². The maximum atomic E-state index is 4.19. The second-order valence-electron chi connectivity index (χ2n) is 7.29. The van der Waals surface area contributed by atoms with Crippen molar-refractivity contribution in [3.05, 3.63) is 146 Å². The molecule has 0 atom stereocenters. The molecule has 0 saturated heterocycles. The van der Waals surface area contributed by atoms with Crippen LogP contribution in [0.25, 0.3) is 34.2 Å². The zero-order valence-electron chi connectivity index (χ0n) is 19.9. The quantitative estimate of drug-likeness (QED) is 0.368. The molecule has 37 heavy (non-hydrogen) atoms. The molecule has 0 spiro atoms. The predicted molar refractivity (Wildman–Crippen MR) is 142 cm³/mol. The van der Waals surface area contributed by atoms with Crippen LogP contribution in [0.4, 0.5) is 0 Å². The van der Waals surface area contributed by atoms with Crippen LogP contribution in [0.3, 0.4) is 0 Å². The molecule has 6 heterocycles. The van der Waals surface area contributed by atoms with E-state index in [9.17, 15) is 0 Å². The summed E-state index contributed by atoms with van der Waals surface area (Å²) in [6.07, 6.45) is 10.6. The molecule has 6 aromatic rings. The number of nitrogens with zero attached hydrogens (tertiary/aromatic N) is 6. The predicted octanol–water partition coefficient (Wildman–Crippen LogP) is 3.43. The summed E-state index contributed by atoms with van der Waals surface area (Å²) in [5.41, 5.74) is 5.49. The monoisotopic (exact) mass is 503 g/mol. The van der Waals surface area contributed by atoms with Crippen LogP contribution >= 0.6 is 0 Å². The summed E-state index contributed by atoms with van der Waals surface area (Å²) in [5, 5.41) is 0. The van der Waals surface area contributed by atoms with Crippen molar-refractivity contribution in [1.29, 1.82) is 0 Å². The minimum atomic E-state index is 0. The zero-order chi connectivity index (χ0) is 24.7. The SMILES string of the molecule is [Cl-].c1ccc(-c2ccccn2)nc1.c1ccc(-c2ccccn2)nc1.c1ccc(-c2ccccn2)nc1. The second kappa shape index (κ2) is 15.2. The van der Waals surface area contributed by atoms with Crippen LogP contribution in [0.2, 0.25) is 0 Å². The van der Waals surface area contributed by atoms with Gasteiger partial charge in [-0.1, -0.05) is 36.4 Å². The maximum absolute atomic E-state index is 4.19. The molecule has 0 aliphatic rings. The van der Waals surface area contributed by atoms with E-state index in [1.54, 1.807) is 37.2 Å². The molecule has 0 fully saturated rings. The lowest BCUT2D eigenvalue weighted by atomic mass is 10.2. The van der Waals surface area contributed by atoms with Crippen LogP contribution in [0, 0.1) is 0 Å². The average molecular weight is 504 g/mol.